The van der Waals surface area contributed by atoms with Crippen LogP contribution in [0.25, 0.3) is 0 Å². The van der Waals surface area contributed by atoms with E-state index in [0.717, 1.165) is 11.1 Å². The third kappa shape index (κ3) is 11.2. The van der Waals surface area contributed by atoms with Crippen LogP contribution in [0.2, 0.25) is 0 Å². The summed E-state index contributed by atoms with van der Waals surface area (Å²) in [6.45, 7) is 3.81. The van der Waals surface area contributed by atoms with Crippen molar-refractivity contribution in [3.8, 4) is 5.75 Å². The summed E-state index contributed by atoms with van der Waals surface area (Å²) in [7, 11) is 0. The molecule has 0 unspecified atom stereocenters. The highest BCUT2D eigenvalue weighted by molar-refractivity contribution is 5.90. The Morgan fingerprint density at radius 3 is 1.79 bits per heavy atom. The van der Waals surface area contributed by atoms with E-state index in [0.29, 0.717) is 11.1 Å². The van der Waals surface area contributed by atoms with Crippen LogP contribution in [0.1, 0.15) is 49.2 Å². The van der Waals surface area contributed by atoms with Crippen LogP contribution >= 0.6 is 0 Å². The molecule has 4 fully saturated rings. The summed E-state index contributed by atoms with van der Waals surface area (Å²) in [6, 6.07) is 2.87. The van der Waals surface area contributed by atoms with Crippen LogP contribution in [0, 0.1) is 0 Å². The van der Waals surface area contributed by atoms with Gasteiger partial charge in [-0.05, 0) is 63.8 Å². The van der Waals surface area contributed by atoms with Gasteiger partial charge in [0.15, 0.2) is 12.6 Å². The molecular weight excluding hydrogens is 832 g/mol. The number of benzene rings is 1. The second-order valence-electron chi connectivity index (χ2n) is 16.3. The van der Waals surface area contributed by atoms with Crippen LogP contribution in [0.5, 0.6) is 5.75 Å². The first-order chi connectivity index (χ1) is 29.2. The van der Waals surface area contributed by atoms with Crippen LogP contribution in [-0.2, 0) is 46.0 Å². The van der Waals surface area contributed by atoms with Gasteiger partial charge in [-0.2, -0.15) is 0 Å². The van der Waals surface area contributed by atoms with Crippen LogP contribution in [0.4, 0.5) is 0 Å². The zero-order valence-corrected chi connectivity index (χ0v) is 34.6. The second kappa shape index (κ2) is 21.5. The molecule has 4 heterocycles. The first kappa shape index (κ1) is 50.2. The number of hydrogen-bond donors (Lipinski definition) is 13. The number of ether oxygens (including phenoxy) is 8. The van der Waals surface area contributed by atoms with Gasteiger partial charge in [-0.1, -0.05) is 23.3 Å². The fourth-order valence-corrected chi connectivity index (χ4v) is 7.20. The van der Waals surface area contributed by atoms with Gasteiger partial charge in [-0.3, -0.25) is 0 Å². The van der Waals surface area contributed by atoms with Gasteiger partial charge in [0.2, 0.25) is 12.1 Å². The van der Waals surface area contributed by atoms with E-state index in [2.05, 4.69) is 0 Å². The lowest BCUT2D eigenvalue weighted by atomic mass is 9.97. The lowest BCUT2D eigenvalue weighted by Gasteiger charge is -2.43. The van der Waals surface area contributed by atoms with E-state index >= 15 is 0 Å². The zero-order valence-electron chi connectivity index (χ0n) is 34.6. The van der Waals surface area contributed by atoms with Crippen molar-refractivity contribution in [2.45, 2.75) is 151 Å². The molecule has 0 bridgehead atoms. The van der Waals surface area contributed by atoms with Crippen molar-refractivity contribution in [1.29, 1.82) is 0 Å². The Bertz CT molecular complexity index is 1660. The van der Waals surface area contributed by atoms with E-state index < -0.39 is 143 Å². The SMILES string of the molecule is CC(C)=CCc1cc(C(=O)OC[C@H]2O[C@@](CO)(O[C@H]3O[C@H](CO)[C@@H](O)[C@H](O)[C@H]3O)[C@@H](O)[C@@H]2O)cc(CC=C(C)C)c1O[C@@H]1O[C@H](CO[C@@H]2OC[C@@H](O)[C@H](O)[C@H]2O)[C@@H](O)[C@H](O)[C@H]1O. The molecule has 62 heavy (non-hydrogen) atoms. The van der Waals surface area contributed by atoms with Gasteiger partial charge < -0.3 is 104 Å². The van der Waals surface area contributed by atoms with Crippen LogP contribution in [0.15, 0.2) is 35.4 Å². The molecule has 4 aliphatic rings. The minimum absolute atomic E-state index is 0.0177. The minimum atomic E-state index is -2.49. The third-order valence-electron chi connectivity index (χ3n) is 11.0. The molecule has 0 saturated carbocycles. The highest BCUT2D eigenvalue weighted by Gasteiger charge is 2.59. The van der Waals surface area contributed by atoms with E-state index in [9.17, 15) is 71.2 Å². The van der Waals surface area contributed by atoms with Crippen molar-refractivity contribution in [2.24, 2.45) is 0 Å². The molecule has 4 aliphatic heterocycles. The Balaban J connectivity index is 1.36. The van der Waals surface area contributed by atoms with Crippen LogP contribution in [-0.4, -0.2) is 216 Å². The molecule has 0 amide bonds. The van der Waals surface area contributed by atoms with Crippen molar-refractivity contribution in [1.82, 2.24) is 0 Å². The summed E-state index contributed by atoms with van der Waals surface area (Å²) in [5.41, 5.74) is 2.51. The Morgan fingerprint density at radius 2 is 1.23 bits per heavy atom. The molecule has 0 spiro atoms. The van der Waals surface area contributed by atoms with Crippen molar-refractivity contribution in [2.75, 3.05) is 33.0 Å². The molecule has 1 aromatic carbocycles. The highest BCUT2D eigenvalue weighted by Crippen LogP contribution is 2.37. The second-order valence-corrected chi connectivity index (χ2v) is 16.3. The molecule has 0 aliphatic carbocycles. The van der Waals surface area contributed by atoms with Gasteiger partial charge in [-0.15, -0.1) is 0 Å². The number of carbonyl (C=O) groups is 1. The molecule has 1 aromatic rings. The number of hydrogen-bond acceptors (Lipinski definition) is 22. The maximum Gasteiger partial charge on any atom is 0.338 e. The van der Waals surface area contributed by atoms with Gasteiger partial charge >= 0.3 is 5.97 Å². The van der Waals surface area contributed by atoms with E-state index in [4.69, 9.17) is 37.9 Å². The molecular formula is C40H60O22. The molecule has 22 nitrogen and oxygen atoms in total. The zero-order chi connectivity index (χ0) is 45.8. The predicted molar refractivity (Wildman–Crippen MR) is 206 cm³/mol. The Labute approximate surface area is 356 Å². The van der Waals surface area contributed by atoms with Crippen LogP contribution < -0.4 is 4.74 Å². The minimum Gasteiger partial charge on any atom is -0.461 e. The smallest absolute Gasteiger partial charge is 0.338 e. The molecule has 4 saturated heterocycles. The van der Waals surface area contributed by atoms with Gasteiger partial charge in [0.25, 0.3) is 0 Å². The first-order valence-corrected chi connectivity index (χ1v) is 20.1. The fraction of sp³-hybridized carbons (Fsp3) is 0.725. The third-order valence-corrected chi connectivity index (χ3v) is 11.0. The van der Waals surface area contributed by atoms with E-state index in [-0.39, 0.29) is 30.8 Å². The number of allylic oxidation sites excluding steroid dienone is 4. The standard InChI is InChI=1S/C40H60O22/c1-16(2)5-7-18-9-20(36(54)55-14-24-28(47)35(53)40(15-42,61-24)62-39-33(52)29(48)26(45)22(11-41)58-39)10-19(8-6-17(3)4)34(18)60-38-32(51)30(49)27(46)23(59-38)13-57-37-31(50)25(44)21(43)12-56-37/h5-6,9-10,21-33,35,37-39,41-53H,7-8,11-15H2,1-4H3/t21-,22-,23-,24-,25+,26-,27-,28-,29+,30+,31-,32-,33-,35+,37+,38+,39-,40+/m1/s1. The summed E-state index contributed by atoms with van der Waals surface area (Å²) < 4.78 is 45.0. The maximum atomic E-state index is 13.7. The summed E-state index contributed by atoms with van der Waals surface area (Å²) in [5, 5.41) is 135. The lowest BCUT2D eigenvalue weighted by Crippen LogP contribution is -2.62. The normalized spacial score (nSPS) is 39.9. The van der Waals surface area contributed by atoms with Crippen molar-refractivity contribution in [3.05, 3.63) is 52.1 Å². The van der Waals surface area contributed by atoms with Gasteiger partial charge in [-0.25, -0.2) is 4.79 Å². The molecule has 22 heteroatoms. The lowest BCUT2D eigenvalue weighted by molar-refractivity contribution is -0.383. The van der Waals surface area contributed by atoms with Gasteiger partial charge in [0.05, 0.1) is 25.4 Å². The van der Waals surface area contributed by atoms with Crippen LogP contribution in [0.3, 0.4) is 0 Å². The van der Waals surface area contributed by atoms with E-state index in [1.807, 2.05) is 39.8 Å². The fourth-order valence-electron chi connectivity index (χ4n) is 7.20. The molecule has 0 aromatic heterocycles. The molecule has 352 valence electrons. The average Bonchev–Trinajstić information content (AvgIpc) is 3.48. The monoisotopic (exact) mass is 892 g/mol. The Morgan fingerprint density at radius 1 is 0.677 bits per heavy atom. The maximum absolute atomic E-state index is 13.7. The summed E-state index contributed by atoms with van der Waals surface area (Å²) in [5.74, 6) is -3.29. The molecule has 5 rings (SSSR count). The number of aliphatic hydroxyl groups excluding tert-OH is 13. The molecule has 13 N–H and O–H groups in total. The van der Waals surface area contributed by atoms with Crippen molar-refractivity contribution in [3.63, 3.8) is 0 Å². The average molecular weight is 893 g/mol. The van der Waals surface area contributed by atoms with Gasteiger partial charge in [0, 0.05) is 0 Å². The molecule has 18 atom stereocenters. The largest absolute Gasteiger partial charge is 0.461 e. The van der Waals surface area contributed by atoms with E-state index in [1.165, 1.54) is 12.1 Å². The van der Waals surface area contributed by atoms with Crippen molar-refractivity contribution < 1.29 is 109 Å². The number of carbonyl (C=O) groups excluding carboxylic acids is 1. The topological polar surface area (TPSA) is 354 Å². The van der Waals surface area contributed by atoms with Crippen molar-refractivity contribution >= 4 is 5.97 Å². The van der Waals surface area contributed by atoms with Gasteiger partial charge in [0.1, 0.15) is 104 Å². The number of aliphatic hydroxyl groups is 13. The number of esters is 1. The summed E-state index contributed by atoms with van der Waals surface area (Å²) in [6.07, 6.45) is -24.6. The predicted octanol–water partition coefficient (Wildman–Crippen LogP) is -4.87. The summed E-state index contributed by atoms with van der Waals surface area (Å²) >= 11 is 0. The number of rotatable bonds is 16. The Kier molecular flexibility index (Phi) is 17.4. The summed E-state index contributed by atoms with van der Waals surface area (Å²) in [4.78, 5) is 13.7. The quantitative estimate of drug-likeness (QED) is 0.0547. The Hall–Kier alpha value is -2.79. The van der Waals surface area contributed by atoms with E-state index in [1.54, 1.807) is 0 Å². The first-order valence-electron chi connectivity index (χ1n) is 20.1. The highest BCUT2D eigenvalue weighted by atomic mass is 16.8. The molecule has 0 radical (unpaired) electrons.